The summed E-state index contributed by atoms with van der Waals surface area (Å²) in [6.45, 7) is 1.20. The van der Waals surface area contributed by atoms with Gasteiger partial charge < -0.3 is 10.1 Å². The highest BCUT2D eigenvalue weighted by molar-refractivity contribution is 5.14. The van der Waals surface area contributed by atoms with Gasteiger partial charge in [-0.05, 0) is 5.56 Å². The first-order chi connectivity index (χ1) is 6.43. The molecule has 0 radical (unpaired) electrons. The lowest BCUT2D eigenvalue weighted by molar-refractivity contribution is 0.0597. The van der Waals surface area contributed by atoms with Gasteiger partial charge in [0.05, 0.1) is 6.61 Å². The predicted octanol–water partition coefficient (Wildman–Crippen LogP) is 1.72. The van der Waals surface area contributed by atoms with Crippen molar-refractivity contribution in [2.75, 3.05) is 20.0 Å². The summed E-state index contributed by atoms with van der Waals surface area (Å²) in [7, 11) is 0. The Labute approximate surface area is 77.7 Å². The van der Waals surface area contributed by atoms with Crippen LogP contribution in [0.4, 0.5) is 4.39 Å². The van der Waals surface area contributed by atoms with Crippen LogP contribution >= 0.6 is 0 Å². The van der Waals surface area contributed by atoms with Crippen molar-refractivity contribution in [2.45, 2.75) is 6.54 Å². The molecule has 1 aromatic carbocycles. The maximum absolute atomic E-state index is 11.5. The number of benzene rings is 1. The number of hydrogen-bond acceptors (Lipinski definition) is 2. The Balaban J connectivity index is 2.07. The summed E-state index contributed by atoms with van der Waals surface area (Å²) in [5.74, 6) is 0. The van der Waals surface area contributed by atoms with Crippen LogP contribution in [0.2, 0.25) is 0 Å². The van der Waals surface area contributed by atoms with Gasteiger partial charge in [-0.1, -0.05) is 30.3 Å². The Morgan fingerprint density at radius 2 is 2.00 bits per heavy atom. The number of ether oxygens (including phenoxy) is 1. The van der Waals surface area contributed by atoms with Crippen molar-refractivity contribution in [1.82, 2.24) is 5.32 Å². The Morgan fingerprint density at radius 1 is 1.23 bits per heavy atom. The predicted molar refractivity (Wildman–Crippen MR) is 50.1 cm³/mol. The molecule has 0 aliphatic heterocycles. The molecule has 0 saturated carbocycles. The van der Waals surface area contributed by atoms with Crippen LogP contribution in [-0.2, 0) is 11.3 Å². The minimum absolute atomic E-state index is 0.420. The van der Waals surface area contributed by atoms with Crippen molar-refractivity contribution in [3.05, 3.63) is 35.9 Å². The molecule has 0 unspecified atom stereocenters. The topological polar surface area (TPSA) is 21.3 Å². The van der Waals surface area contributed by atoms with E-state index in [-0.39, 0.29) is 0 Å². The Hall–Kier alpha value is -0.930. The van der Waals surface area contributed by atoms with Gasteiger partial charge in [0.2, 0.25) is 0 Å². The van der Waals surface area contributed by atoms with E-state index in [1.165, 1.54) is 5.56 Å². The summed E-state index contributed by atoms with van der Waals surface area (Å²) >= 11 is 0. The molecular weight excluding hydrogens is 169 g/mol. The van der Waals surface area contributed by atoms with Crippen LogP contribution in [0.25, 0.3) is 0 Å². The van der Waals surface area contributed by atoms with Gasteiger partial charge >= 0.3 is 0 Å². The number of hydrogen-bond donors (Lipinski definition) is 1. The molecule has 0 aromatic heterocycles. The highest BCUT2D eigenvalue weighted by atomic mass is 19.1. The molecule has 3 heteroatoms. The van der Waals surface area contributed by atoms with E-state index in [0.29, 0.717) is 13.2 Å². The maximum atomic E-state index is 11.5. The molecule has 0 atom stereocenters. The fourth-order valence-corrected chi connectivity index (χ4v) is 1.03. The van der Waals surface area contributed by atoms with E-state index in [1.54, 1.807) is 0 Å². The minimum atomic E-state index is -0.701. The number of halogens is 1. The van der Waals surface area contributed by atoms with E-state index < -0.39 is 6.86 Å². The van der Waals surface area contributed by atoms with Crippen LogP contribution in [0.1, 0.15) is 5.56 Å². The molecule has 0 aliphatic rings. The van der Waals surface area contributed by atoms with Crippen molar-refractivity contribution in [3.8, 4) is 0 Å². The van der Waals surface area contributed by atoms with Gasteiger partial charge in [-0.15, -0.1) is 0 Å². The van der Waals surface area contributed by atoms with E-state index in [2.05, 4.69) is 10.1 Å². The lowest BCUT2D eigenvalue weighted by Gasteiger charge is -2.03. The van der Waals surface area contributed by atoms with Crippen molar-refractivity contribution in [2.24, 2.45) is 0 Å². The number of nitrogens with one attached hydrogen (secondary N) is 1. The molecule has 72 valence electrons. The lowest BCUT2D eigenvalue weighted by atomic mass is 10.2. The second kappa shape index (κ2) is 6.57. The van der Waals surface area contributed by atoms with Crippen LogP contribution in [0.3, 0.4) is 0 Å². The Bertz CT molecular complexity index is 215. The number of alkyl halides is 1. The van der Waals surface area contributed by atoms with Gasteiger partial charge in [0.25, 0.3) is 0 Å². The smallest absolute Gasteiger partial charge is 0.188 e. The SMILES string of the molecule is FCOCCNCc1ccccc1. The zero-order valence-electron chi connectivity index (χ0n) is 7.50. The summed E-state index contributed by atoms with van der Waals surface area (Å²) in [5.41, 5.74) is 1.22. The van der Waals surface area contributed by atoms with E-state index in [1.807, 2.05) is 30.3 Å². The van der Waals surface area contributed by atoms with E-state index in [9.17, 15) is 4.39 Å². The summed E-state index contributed by atoms with van der Waals surface area (Å²) in [6.07, 6.45) is 0. The van der Waals surface area contributed by atoms with Gasteiger partial charge in [-0.2, -0.15) is 0 Å². The van der Waals surface area contributed by atoms with Gasteiger partial charge in [0.1, 0.15) is 0 Å². The molecule has 0 spiro atoms. The lowest BCUT2D eigenvalue weighted by Crippen LogP contribution is -2.18. The van der Waals surface area contributed by atoms with Gasteiger partial charge in [-0.25, -0.2) is 4.39 Å². The van der Waals surface area contributed by atoms with Crippen molar-refractivity contribution in [1.29, 1.82) is 0 Å². The van der Waals surface area contributed by atoms with E-state index >= 15 is 0 Å². The first-order valence-corrected chi connectivity index (χ1v) is 4.32. The molecule has 13 heavy (non-hydrogen) atoms. The first kappa shape index (κ1) is 10.2. The van der Waals surface area contributed by atoms with Crippen LogP contribution in [0, 0.1) is 0 Å². The average molecular weight is 183 g/mol. The molecule has 0 bridgehead atoms. The maximum Gasteiger partial charge on any atom is 0.188 e. The van der Waals surface area contributed by atoms with Crippen LogP contribution < -0.4 is 5.32 Å². The molecule has 0 amide bonds. The van der Waals surface area contributed by atoms with E-state index in [4.69, 9.17) is 0 Å². The zero-order chi connectivity index (χ0) is 9.36. The quantitative estimate of drug-likeness (QED) is 0.678. The van der Waals surface area contributed by atoms with Gasteiger partial charge in [-0.3, -0.25) is 0 Å². The summed E-state index contributed by atoms with van der Waals surface area (Å²) in [5, 5.41) is 3.14. The second-order valence-corrected chi connectivity index (χ2v) is 2.68. The molecule has 1 rings (SSSR count). The second-order valence-electron chi connectivity index (χ2n) is 2.68. The van der Waals surface area contributed by atoms with Crippen molar-refractivity contribution >= 4 is 0 Å². The highest BCUT2D eigenvalue weighted by Crippen LogP contribution is 1.96. The molecule has 0 heterocycles. The minimum Gasteiger partial charge on any atom is -0.349 e. The third-order valence-corrected chi connectivity index (χ3v) is 1.67. The zero-order valence-corrected chi connectivity index (χ0v) is 7.50. The third-order valence-electron chi connectivity index (χ3n) is 1.67. The van der Waals surface area contributed by atoms with Crippen molar-refractivity contribution < 1.29 is 9.13 Å². The Morgan fingerprint density at radius 3 is 2.69 bits per heavy atom. The number of rotatable bonds is 6. The molecule has 2 nitrogen and oxygen atoms in total. The Kier molecular flexibility index (Phi) is 5.13. The van der Waals surface area contributed by atoms with E-state index in [0.717, 1.165) is 6.54 Å². The molecule has 1 aromatic rings. The van der Waals surface area contributed by atoms with Gasteiger partial charge in [0.15, 0.2) is 6.86 Å². The van der Waals surface area contributed by atoms with Gasteiger partial charge in [0, 0.05) is 13.1 Å². The van der Waals surface area contributed by atoms with Crippen LogP contribution in [0.15, 0.2) is 30.3 Å². The summed E-state index contributed by atoms with van der Waals surface area (Å²) in [4.78, 5) is 0. The molecule has 0 fully saturated rings. The fourth-order valence-electron chi connectivity index (χ4n) is 1.03. The summed E-state index contributed by atoms with van der Waals surface area (Å²) < 4.78 is 16.0. The first-order valence-electron chi connectivity index (χ1n) is 4.32. The van der Waals surface area contributed by atoms with Crippen LogP contribution in [-0.4, -0.2) is 20.0 Å². The third kappa shape index (κ3) is 4.60. The molecule has 0 aliphatic carbocycles. The fraction of sp³-hybridized carbons (Fsp3) is 0.400. The average Bonchev–Trinajstić information content (AvgIpc) is 2.19. The standard InChI is InChI=1S/C10H14FNO/c11-9-13-7-6-12-8-10-4-2-1-3-5-10/h1-5,12H,6-9H2. The molecular formula is C10H14FNO. The normalized spacial score (nSPS) is 10.2. The molecule has 0 saturated heterocycles. The molecule has 1 N–H and O–H groups in total. The summed E-state index contributed by atoms with van der Waals surface area (Å²) in [6, 6.07) is 10.1. The van der Waals surface area contributed by atoms with Crippen LogP contribution in [0.5, 0.6) is 0 Å². The van der Waals surface area contributed by atoms with Crippen molar-refractivity contribution in [3.63, 3.8) is 0 Å². The highest BCUT2D eigenvalue weighted by Gasteiger charge is 1.90. The largest absolute Gasteiger partial charge is 0.349 e. The monoisotopic (exact) mass is 183 g/mol.